The molecule has 0 aliphatic heterocycles. The van der Waals surface area contributed by atoms with Gasteiger partial charge >= 0.3 is 0 Å². The zero-order chi connectivity index (χ0) is 14.8. The fourth-order valence-electron chi connectivity index (χ4n) is 1.85. The summed E-state index contributed by atoms with van der Waals surface area (Å²) in [6, 6.07) is 5.28. The number of hydrogen-bond acceptors (Lipinski definition) is 7. The van der Waals surface area contributed by atoms with Gasteiger partial charge in [0.2, 0.25) is 5.95 Å². The summed E-state index contributed by atoms with van der Waals surface area (Å²) in [5.41, 5.74) is 3.61. The first-order chi connectivity index (χ1) is 10.2. The second kappa shape index (κ2) is 5.43. The number of nitrogen functional groups attached to an aromatic ring is 1. The van der Waals surface area contributed by atoms with Crippen molar-refractivity contribution in [3.8, 4) is 5.75 Å². The number of hydrogen-bond donors (Lipinski definition) is 4. The van der Waals surface area contributed by atoms with E-state index in [2.05, 4.69) is 30.9 Å². The molecule has 108 valence electrons. The van der Waals surface area contributed by atoms with Crippen LogP contribution in [0.5, 0.6) is 5.75 Å². The molecule has 3 rings (SSSR count). The van der Waals surface area contributed by atoms with E-state index in [9.17, 15) is 0 Å². The molecule has 5 N–H and O–H groups in total. The van der Waals surface area contributed by atoms with Crippen molar-refractivity contribution in [1.82, 2.24) is 20.2 Å². The molecule has 9 heteroatoms. The predicted octanol–water partition coefficient (Wildman–Crippen LogP) is 2.04. The lowest BCUT2D eigenvalue weighted by Crippen LogP contribution is -2.11. The molecule has 0 radical (unpaired) electrons. The highest BCUT2D eigenvalue weighted by Crippen LogP contribution is 2.31. The molecular formula is C12H12ClN7O. The van der Waals surface area contributed by atoms with Crippen LogP contribution in [-0.4, -0.2) is 27.3 Å². The minimum Gasteiger partial charge on any atom is -0.497 e. The van der Waals surface area contributed by atoms with Gasteiger partial charge in [-0.25, -0.2) is 5.84 Å². The normalized spacial score (nSPS) is 10.6. The zero-order valence-corrected chi connectivity index (χ0v) is 11.8. The van der Waals surface area contributed by atoms with Gasteiger partial charge in [0.25, 0.3) is 0 Å². The van der Waals surface area contributed by atoms with Crippen LogP contribution in [0, 0.1) is 0 Å². The van der Waals surface area contributed by atoms with Crippen LogP contribution in [0.15, 0.2) is 24.4 Å². The lowest BCUT2D eigenvalue weighted by atomic mass is 10.3. The average Bonchev–Trinajstić information content (AvgIpc) is 2.98. The van der Waals surface area contributed by atoms with Gasteiger partial charge in [-0.15, -0.1) is 0 Å². The van der Waals surface area contributed by atoms with Gasteiger partial charge in [-0.1, -0.05) is 11.6 Å². The number of rotatable bonds is 4. The van der Waals surface area contributed by atoms with Crippen LogP contribution in [0.1, 0.15) is 0 Å². The second-order valence-corrected chi connectivity index (χ2v) is 4.55. The molecule has 8 nitrogen and oxygen atoms in total. The first kappa shape index (κ1) is 13.4. The molecule has 0 bridgehead atoms. The number of hydrazine groups is 1. The number of anilines is 3. The summed E-state index contributed by atoms with van der Waals surface area (Å²) in [6.07, 6.45) is 1.62. The second-order valence-electron chi connectivity index (χ2n) is 4.14. The number of halogens is 1. The van der Waals surface area contributed by atoms with Crippen LogP contribution in [0.3, 0.4) is 0 Å². The van der Waals surface area contributed by atoms with Gasteiger partial charge in [-0.05, 0) is 12.1 Å². The van der Waals surface area contributed by atoms with Crippen molar-refractivity contribution in [2.45, 2.75) is 0 Å². The highest BCUT2D eigenvalue weighted by atomic mass is 35.5. The molecule has 0 saturated heterocycles. The van der Waals surface area contributed by atoms with Gasteiger partial charge in [0.1, 0.15) is 11.6 Å². The third-order valence-electron chi connectivity index (χ3n) is 2.87. The fraction of sp³-hybridized carbons (Fsp3) is 0.0833. The SMILES string of the molecule is COc1ccc(Cl)c(Nc2nc(NN)nc3[nH]ncc23)c1. The number of aromatic nitrogens is 4. The lowest BCUT2D eigenvalue weighted by molar-refractivity contribution is 0.415. The fourth-order valence-corrected chi connectivity index (χ4v) is 2.01. The van der Waals surface area contributed by atoms with E-state index >= 15 is 0 Å². The van der Waals surface area contributed by atoms with Crippen LogP contribution >= 0.6 is 11.6 Å². The van der Waals surface area contributed by atoms with E-state index in [0.717, 1.165) is 0 Å². The van der Waals surface area contributed by atoms with Crippen molar-refractivity contribution in [3.63, 3.8) is 0 Å². The van der Waals surface area contributed by atoms with Gasteiger partial charge in [-0.3, -0.25) is 10.5 Å². The summed E-state index contributed by atoms with van der Waals surface area (Å²) >= 11 is 6.18. The molecule has 0 saturated carbocycles. The Kier molecular flexibility index (Phi) is 3.46. The minimum atomic E-state index is 0.258. The van der Waals surface area contributed by atoms with Gasteiger partial charge in [0.15, 0.2) is 5.65 Å². The number of nitrogens with zero attached hydrogens (tertiary/aromatic N) is 3. The number of methoxy groups -OCH3 is 1. The Morgan fingerprint density at radius 3 is 2.95 bits per heavy atom. The smallest absolute Gasteiger partial charge is 0.241 e. The highest BCUT2D eigenvalue weighted by Gasteiger charge is 2.11. The number of ether oxygens (including phenoxy) is 1. The summed E-state index contributed by atoms with van der Waals surface area (Å²) in [5, 5.41) is 11.1. The molecule has 21 heavy (non-hydrogen) atoms. The maximum absolute atomic E-state index is 6.18. The van der Waals surface area contributed by atoms with E-state index < -0.39 is 0 Å². The van der Waals surface area contributed by atoms with Crippen molar-refractivity contribution in [2.75, 3.05) is 17.9 Å². The van der Waals surface area contributed by atoms with Crippen LogP contribution < -0.4 is 21.3 Å². The average molecular weight is 306 g/mol. The molecule has 0 atom stereocenters. The first-order valence-corrected chi connectivity index (χ1v) is 6.37. The third kappa shape index (κ3) is 2.54. The molecule has 0 unspecified atom stereocenters. The van der Waals surface area contributed by atoms with Gasteiger partial charge in [0, 0.05) is 6.07 Å². The van der Waals surface area contributed by atoms with Crippen LogP contribution in [-0.2, 0) is 0 Å². The van der Waals surface area contributed by atoms with Crippen molar-refractivity contribution in [3.05, 3.63) is 29.4 Å². The van der Waals surface area contributed by atoms with E-state index in [-0.39, 0.29) is 5.95 Å². The molecule has 3 aromatic rings. The first-order valence-electron chi connectivity index (χ1n) is 5.99. The van der Waals surface area contributed by atoms with Crippen LogP contribution in [0.2, 0.25) is 5.02 Å². The van der Waals surface area contributed by atoms with E-state index in [1.165, 1.54) is 0 Å². The van der Waals surface area contributed by atoms with Gasteiger partial charge < -0.3 is 10.1 Å². The van der Waals surface area contributed by atoms with E-state index in [0.29, 0.717) is 33.3 Å². The van der Waals surface area contributed by atoms with Crippen molar-refractivity contribution < 1.29 is 4.74 Å². The monoisotopic (exact) mass is 305 g/mol. The molecule has 2 heterocycles. The Bertz CT molecular complexity index is 788. The minimum absolute atomic E-state index is 0.258. The largest absolute Gasteiger partial charge is 0.497 e. The number of H-pyrrole nitrogens is 1. The number of fused-ring (bicyclic) bond motifs is 1. The summed E-state index contributed by atoms with van der Waals surface area (Å²) < 4.78 is 5.18. The van der Waals surface area contributed by atoms with Gasteiger partial charge in [0.05, 0.1) is 29.4 Å². The van der Waals surface area contributed by atoms with Crippen molar-refractivity contribution in [1.29, 1.82) is 0 Å². The summed E-state index contributed by atoms with van der Waals surface area (Å²) in [5.74, 6) is 6.82. The number of nitrogens with one attached hydrogen (secondary N) is 3. The maximum Gasteiger partial charge on any atom is 0.241 e. The molecule has 0 amide bonds. The molecule has 0 spiro atoms. The molecule has 2 aromatic heterocycles. The molecule has 0 aliphatic carbocycles. The molecule has 1 aromatic carbocycles. The molecular weight excluding hydrogens is 294 g/mol. The van der Waals surface area contributed by atoms with Crippen molar-refractivity contribution in [2.24, 2.45) is 5.84 Å². The quantitative estimate of drug-likeness (QED) is 0.431. The summed E-state index contributed by atoms with van der Waals surface area (Å²) in [6.45, 7) is 0. The number of aromatic amines is 1. The van der Waals surface area contributed by atoms with Crippen LogP contribution in [0.25, 0.3) is 11.0 Å². The lowest BCUT2D eigenvalue weighted by Gasteiger charge is -2.11. The maximum atomic E-state index is 6.18. The Balaban J connectivity index is 2.07. The summed E-state index contributed by atoms with van der Waals surface area (Å²) in [7, 11) is 1.59. The van der Waals surface area contributed by atoms with E-state index in [4.69, 9.17) is 22.2 Å². The van der Waals surface area contributed by atoms with E-state index in [1.807, 2.05) is 0 Å². The van der Waals surface area contributed by atoms with Crippen molar-refractivity contribution >= 4 is 40.1 Å². The van der Waals surface area contributed by atoms with Gasteiger partial charge in [-0.2, -0.15) is 15.1 Å². The molecule has 0 fully saturated rings. The standard InChI is InChI=1S/C12H12ClN7O/c1-21-6-2-3-8(13)9(4-6)16-10-7-5-15-20-11(7)18-12(17-10)19-14/h2-5H,14H2,1H3,(H3,15,16,17,18,19,20). The van der Waals surface area contributed by atoms with E-state index in [1.54, 1.807) is 31.5 Å². The Hall–Kier alpha value is -2.58. The Morgan fingerprint density at radius 2 is 2.19 bits per heavy atom. The third-order valence-corrected chi connectivity index (χ3v) is 3.20. The number of nitrogens with two attached hydrogens (primary N) is 1. The zero-order valence-electron chi connectivity index (χ0n) is 11.0. The highest BCUT2D eigenvalue weighted by molar-refractivity contribution is 6.33. The predicted molar refractivity (Wildman–Crippen MR) is 80.8 cm³/mol. The number of benzene rings is 1. The van der Waals surface area contributed by atoms with Crippen LogP contribution in [0.4, 0.5) is 17.5 Å². The summed E-state index contributed by atoms with van der Waals surface area (Å²) in [4.78, 5) is 8.41. The Labute approximate surface area is 124 Å². The molecule has 0 aliphatic rings. The Morgan fingerprint density at radius 1 is 1.33 bits per heavy atom. The topological polar surface area (TPSA) is 114 Å².